The predicted octanol–water partition coefficient (Wildman–Crippen LogP) is 4.34. The Balaban J connectivity index is 1.67. The lowest BCUT2D eigenvalue weighted by molar-refractivity contribution is 0.601. The van der Waals surface area contributed by atoms with Crippen LogP contribution < -0.4 is 10.5 Å². The molecule has 2 aromatic heterocycles. The van der Waals surface area contributed by atoms with Gasteiger partial charge in [0.05, 0.1) is 27.0 Å². The normalized spacial score (nSPS) is 12.7. The first-order valence-electron chi connectivity index (χ1n) is 9.90. The van der Waals surface area contributed by atoms with Gasteiger partial charge in [0.1, 0.15) is 0 Å². The van der Waals surface area contributed by atoms with Gasteiger partial charge in [-0.15, -0.1) is 0 Å². The first kappa shape index (κ1) is 20.4. The summed E-state index contributed by atoms with van der Waals surface area (Å²) in [7, 11) is -3.80. The van der Waals surface area contributed by atoms with Crippen LogP contribution in [0.2, 0.25) is 5.02 Å². The van der Waals surface area contributed by atoms with E-state index in [1.165, 1.54) is 12.1 Å². The number of pyridine rings is 1. The van der Waals surface area contributed by atoms with Crippen LogP contribution >= 0.6 is 11.6 Å². The molecule has 0 saturated carbocycles. The molecular weight excluding hydrogens is 446 g/mol. The van der Waals surface area contributed by atoms with Gasteiger partial charge < -0.3 is 5.73 Å². The van der Waals surface area contributed by atoms with Crippen LogP contribution in [0.4, 0.5) is 11.6 Å². The molecule has 5 rings (SSSR count). The second kappa shape index (κ2) is 7.89. The van der Waals surface area contributed by atoms with Crippen molar-refractivity contribution in [3.63, 3.8) is 0 Å². The topological polar surface area (TPSA) is 111 Å². The van der Waals surface area contributed by atoms with E-state index in [1.54, 1.807) is 42.7 Å². The van der Waals surface area contributed by atoms with E-state index in [4.69, 9.17) is 17.3 Å². The van der Waals surface area contributed by atoms with Crippen molar-refractivity contribution >= 4 is 33.3 Å². The molecule has 3 N–H and O–H groups in total. The number of hydrogen-bond acceptors (Lipinski definition) is 6. The predicted molar refractivity (Wildman–Crippen MR) is 125 cm³/mol. The van der Waals surface area contributed by atoms with Crippen molar-refractivity contribution in [2.45, 2.75) is 17.7 Å². The van der Waals surface area contributed by atoms with Gasteiger partial charge in [-0.3, -0.25) is 9.71 Å². The molecule has 0 radical (unpaired) electrons. The zero-order valence-corrected chi connectivity index (χ0v) is 18.4. The molecule has 160 valence electrons. The number of nitrogens with two attached hydrogens (primary N) is 1. The number of benzene rings is 2. The van der Waals surface area contributed by atoms with E-state index >= 15 is 0 Å². The zero-order valence-electron chi connectivity index (χ0n) is 16.8. The molecule has 2 aromatic carbocycles. The van der Waals surface area contributed by atoms with Crippen LogP contribution in [-0.2, 0) is 22.9 Å². The maximum atomic E-state index is 12.9. The van der Waals surface area contributed by atoms with Crippen LogP contribution in [-0.4, -0.2) is 23.4 Å². The molecule has 2 heterocycles. The van der Waals surface area contributed by atoms with Crippen molar-refractivity contribution in [1.82, 2.24) is 15.0 Å². The number of rotatable bonds is 4. The molecule has 9 heteroatoms. The standard InChI is InChI=1S/C23H18ClN5O2S/c24-18-12-15-6-7-19-21(22(28-23(25)27-19)14-8-10-26-11-9-14)17(15)13-20(18)29-32(30,31)16-4-2-1-3-5-16/h1-5,8-13,29H,6-7H2,(H2,25,27,28). The number of anilines is 2. The van der Waals surface area contributed by atoms with Crippen molar-refractivity contribution < 1.29 is 8.42 Å². The highest BCUT2D eigenvalue weighted by atomic mass is 35.5. The van der Waals surface area contributed by atoms with Gasteiger partial charge in [0.2, 0.25) is 5.95 Å². The summed E-state index contributed by atoms with van der Waals surface area (Å²) in [6.07, 6.45) is 4.76. The average Bonchev–Trinajstić information content (AvgIpc) is 2.80. The first-order chi connectivity index (χ1) is 15.4. The van der Waals surface area contributed by atoms with Gasteiger partial charge in [0.15, 0.2) is 0 Å². The molecule has 0 spiro atoms. The molecule has 0 fully saturated rings. The fraction of sp³-hybridized carbons (Fsp3) is 0.0870. The smallest absolute Gasteiger partial charge is 0.261 e. The third-order valence-electron chi connectivity index (χ3n) is 5.35. The molecule has 1 aliphatic rings. The number of hydrogen-bond donors (Lipinski definition) is 2. The molecule has 0 saturated heterocycles. The summed E-state index contributed by atoms with van der Waals surface area (Å²) < 4.78 is 28.4. The summed E-state index contributed by atoms with van der Waals surface area (Å²) in [6.45, 7) is 0. The molecule has 0 atom stereocenters. The van der Waals surface area contributed by atoms with Gasteiger partial charge in [-0.2, -0.15) is 0 Å². The van der Waals surface area contributed by atoms with Gasteiger partial charge in [-0.1, -0.05) is 29.8 Å². The second-order valence-corrected chi connectivity index (χ2v) is 9.49. The highest BCUT2D eigenvalue weighted by molar-refractivity contribution is 7.92. The van der Waals surface area contributed by atoms with Crippen LogP contribution in [0.3, 0.4) is 0 Å². The second-order valence-electron chi connectivity index (χ2n) is 7.40. The number of aryl methyl sites for hydroxylation is 2. The Morgan fingerprint density at radius 1 is 0.969 bits per heavy atom. The molecule has 0 aliphatic heterocycles. The quantitative estimate of drug-likeness (QED) is 0.465. The van der Waals surface area contributed by atoms with E-state index in [0.29, 0.717) is 29.2 Å². The number of nitrogens with zero attached hydrogens (tertiary/aromatic N) is 3. The lowest BCUT2D eigenvalue weighted by atomic mass is 9.86. The van der Waals surface area contributed by atoms with E-state index in [-0.39, 0.29) is 10.8 Å². The van der Waals surface area contributed by atoms with E-state index in [9.17, 15) is 8.42 Å². The summed E-state index contributed by atoms with van der Waals surface area (Å²) in [6, 6.07) is 15.4. The molecule has 32 heavy (non-hydrogen) atoms. The van der Waals surface area contributed by atoms with Gasteiger partial charge in [0.25, 0.3) is 10.0 Å². The molecule has 0 amide bonds. The minimum atomic E-state index is -3.80. The summed E-state index contributed by atoms with van der Waals surface area (Å²) in [5, 5.41) is 0.327. The zero-order chi connectivity index (χ0) is 22.3. The Labute approximate surface area is 190 Å². The summed E-state index contributed by atoms with van der Waals surface area (Å²) >= 11 is 6.48. The Morgan fingerprint density at radius 3 is 2.47 bits per heavy atom. The molecule has 0 bridgehead atoms. The highest BCUT2D eigenvalue weighted by Gasteiger charge is 2.26. The van der Waals surface area contributed by atoms with Gasteiger partial charge in [-0.05, 0) is 60.4 Å². The Morgan fingerprint density at radius 2 is 1.72 bits per heavy atom. The van der Waals surface area contributed by atoms with Crippen molar-refractivity contribution in [1.29, 1.82) is 0 Å². The highest BCUT2D eigenvalue weighted by Crippen LogP contribution is 2.42. The van der Waals surface area contributed by atoms with Crippen LogP contribution in [0, 0.1) is 0 Å². The number of aromatic nitrogens is 3. The lowest BCUT2D eigenvalue weighted by Crippen LogP contribution is -2.15. The van der Waals surface area contributed by atoms with Crippen molar-refractivity contribution in [3.8, 4) is 22.4 Å². The van der Waals surface area contributed by atoms with E-state index in [2.05, 4.69) is 19.7 Å². The summed E-state index contributed by atoms with van der Waals surface area (Å²) in [5.74, 6) is 0.193. The van der Waals surface area contributed by atoms with E-state index in [1.807, 2.05) is 12.1 Å². The number of halogens is 1. The number of nitrogen functional groups attached to an aromatic ring is 1. The van der Waals surface area contributed by atoms with Crippen LogP contribution in [0.25, 0.3) is 22.4 Å². The minimum absolute atomic E-state index is 0.155. The van der Waals surface area contributed by atoms with E-state index < -0.39 is 10.0 Å². The third-order valence-corrected chi connectivity index (χ3v) is 7.04. The van der Waals surface area contributed by atoms with Crippen LogP contribution in [0.15, 0.2) is 71.9 Å². The molecule has 0 unspecified atom stereocenters. The number of fused-ring (bicyclic) bond motifs is 3. The van der Waals surface area contributed by atoms with E-state index in [0.717, 1.165) is 27.9 Å². The molecule has 1 aliphatic carbocycles. The minimum Gasteiger partial charge on any atom is -0.368 e. The lowest BCUT2D eigenvalue weighted by Gasteiger charge is -2.23. The van der Waals surface area contributed by atoms with Crippen molar-refractivity contribution in [2.24, 2.45) is 0 Å². The Kier molecular flexibility index (Phi) is 5.03. The molecular formula is C23H18ClN5O2S. The third kappa shape index (κ3) is 3.68. The Hall–Kier alpha value is -3.49. The first-order valence-corrected chi connectivity index (χ1v) is 11.8. The van der Waals surface area contributed by atoms with Gasteiger partial charge in [-0.25, -0.2) is 18.4 Å². The number of nitrogens with one attached hydrogen (secondary N) is 1. The maximum Gasteiger partial charge on any atom is 0.261 e. The van der Waals surface area contributed by atoms with Crippen molar-refractivity contribution in [3.05, 3.63) is 83.3 Å². The molecule has 4 aromatic rings. The fourth-order valence-corrected chi connectivity index (χ4v) is 5.28. The van der Waals surface area contributed by atoms with Crippen LogP contribution in [0.1, 0.15) is 11.3 Å². The SMILES string of the molecule is Nc1nc2c(c(-c3ccncc3)n1)-c1cc(NS(=O)(=O)c3ccccc3)c(Cl)cc1CC2. The van der Waals surface area contributed by atoms with Gasteiger partial charge >= 0.3 is 0 Å². The molecule has 7 nitrogen and oxygen atoms in total. The Bertz CT molecular complexity index is 1430. The largest absolute Gasteiger partial charge is 0.368 e. The van der Waals surface area contributed by atoms with Crippen molar-refractivity contribution in [2.75, 3.05) is 10.5 Å². The average molecular weight is 464 g/mol. The monoisotopic (exact) mass is 463 g/mol. The van der Waals surface area contributed by atoms with Crippen LogP contribution in [0.5, 0.6) is 0 Å². The fourth-order valence-electron chi connectivity index (χ4n) is 3.90. The number of sulfonamides is 1. The summed E-state index contributed by atoms with van der Waals surface area (Å²) in [5.41, 5.74) is 11.3. The van der Waals surface area contributed by atoms with Gasteiger partial charge in [0, 0.05) is 23.5 Å². The summed E-state index contributed by atoms with van der Waals surface area (Å²) in [4.78, 5) is 13.2. The maximum absolute atomic E-state index is 12.9.